The van der Waals surface area contributed by atoms with E-state index in [0.29, 0.717) is 15.9 Å². The summed E-state index contributed by atoms with van der Waals surface area (Å²) in [6, 6.07) is 3.61. The molecular formula is C18H22ClN3O2. The van der Waals surface area contributed by atoms with Crippen molar-refractivity contribution in [2.45, 2.75) is 50.6 Å². The minimum absolute atomic E-state index is 0.0217. The average Bonchev–Trinajstić information content (AvgIpc) is 3.40. The summed E-state index contributed by atoms with van der Waals surface area (Å²) in [5, 5.41) is 1.12. The van der Waals surface area contributed by atoms with Gasteiger partial charge in [-0.15, -0.1) is 0 Å². The topological polar surface area (TPSA) is 70.1 Å². The molecule has 1 aromatic carbocycles. The van der Waals surface area contributed by atoms with Crippen LogP contribution in [0.1, 0.15) is 62.0 Å². The number of nitrogens with two attached hydrogens (primary N) is 1. The van der Waals surface area contributed by atoms with Crippen molar-refractivity contribution in [3.63, 3.8) is 0 Å². The van der Waals surface area contributed by atoms with Crippen LogP contribution in [0.5, 0.6) is 0 Å². The van der Waals surface area contributed by atoms with Gasteiger partial charge in [-0.25, -0.2) is 4.98 Å². The summed E-state index contributed by atoms with van der Waals surface area (Å²) in [5.41, 5.74) is 7.68. The first kappa shape index (κ1) is 16.1. The van der Waals surface area contributed by atoms with Crippen molar-refractivity contribution in [3.8, 4) is 0 Å². The van der Waals surface area contributed by atoms with Gasteiger partial charge in [0, 0.05) is 36.2 Å². The Morgan fingerprint density at radius 1 is 1.29 bits per heavy atom. The summed E-state index contributed by atoms with van der Waals surface area (Å²) in [6.07, 6.45) is 3.91. The van der Waals surface area contributed by atoms with Crippen molar-refractivity contribution < 1.29 is 4.74 Å². The van der Waals surface area contributed by atoms with Crippen LogP contribution in [-0.4, -0.2) is 22.8 Å². The van der Waals surface area contributed by atoms with Crippen LogP contribution >= 0.6 is 11.6 Å². The van der Waals surface area contributed by atoms with Gasteiger partial charge in [0.15, 0.2) is 0 Å². The van der Waals surface area contributed by atoms with Gasteiger partial charge in [-0.05, 0) is 50.3 Å². The first-order valence-corrected chi connectivity index (χ1v) is 9.03. The predicted octanol–water partition coefficient (Wildman–Crippen LogP) is 3.30. The summed E-state index contributed by atoms with van der Waals surface area (Å²) in [7, 11) is 0. The molecule has 0 spiro atoms. The van der Waals surface area contributed by atoms with Crippen molar-refractivity contribution in [1.82, 2.24) is 9.55 Å². The lowest BCUT2D eigenvalue weighted by atomic mass is 9.98. The maximum atomic E-state index is 13.2. The van der Waals surface area contributed by atoms with E-state index >= 15 is 0 Å². The molecule has 2 aromatic rings. The standard InChI is InChI=1S/C18H22ClN3O2/c1-10(20)14-8-12(19)9-15-16(14)21-17(11-4-6-24-7-5-11)22(18(15)23)13-2-3-13/h8-11,13H,2-7,20H2,1H3/t10-/m1/s1. The number of nitrogens with zero attached hydrogens (tertiary/aromatic N) is 2. The van der Waals surface area contributed by atoms with E-state index in [1.54, 1.807) is 6.07 Å². The third-order valence-corrected chi connectivity index (χ3v) is 5.23. The van der Waals surface area contributed by atoms with Crippen LogP contribution in [0, 0.1) is 0 Å². The molecule has 4 rings (SSSR count). The maximum Gasteiger partial charge on any atom is 0.261 e. The van der Waals surface area contributed by atoms with Gasteiger partial charge < -0.3 is 10.5 Å². The first-order valence-electron chi connectivity index (χ1n) is 8.65. The quantitative estimate of drug-likeness (QED) is 0.924. The molecule has 2 N–H and O–H groups in total. The Balaban J connectivity index is 1.99. The summed E-state index contributed by atoms with van der Waals surface area (Å²) < 4.78 is 7.40. The molecule has 1 aromatic heterocycles. The van der Waals surface area contributed by atoms with E-state index in [9.17, 15) is 4.79 Å². The molecule has 1 aliphatic carbocycles. The third kappa shape index (κ3) is 2.75. The lowest BCUT2D eigenvalue weighted by molar-refractivity contribution is 0.0825. The van der Waals surface area contributed by atoms with Gasteiger partial charge in [-0.2, -0.15) is 0 Å². The SMILES string of the molecule is C[C@@H](N)c1cc(Cl)cc2c(=O)n(C3CC3)c(C3CCOCC3)nc12. The van der Waals surface area contributed by atoms with Crippen LogP contribution in [0.4, 0.5) is 0 Å². The summed E-state index contributed by atoms with van der Waals surface area (Å²) in [5.74, 6) is 1.18. The van der Waals surface area contributed by atoms with E-state index in [-0.39, 0.29) is 23.6 Å². The number of ether oxygens (including phenoxy) is 1. The summed E-state index contributed by atoms with van der Waals surface area (Å²) >= 11 is 6.23. The molecule has 0 radical (unpaired) electrons. The van der Waals surface area contributed by atoms with E-state index in [1.165, 1.54) is 0 Å². The molecule has 0 unspecified atom stereocenters. The van der Waals surface area contributed by atoms with Crippen LogP contribution in [0.3, 0.4) is 0 Å². The molecule has 5 nitrogen and oxygen atoms in total. The van der Waals surface area contributed by atoms with Crippen molar-refractivity contribution in [2.24, 2.45) is 5.73 Å². The molecule has 24 heavy (non-hydrogen) atoms. The highest BCUT2D eigenvalue weighted by Crippen LogP contribution is 2.38. The fraction of sp³-hybridized carbons (Fsp3) is 0.556. The van der Waals surface area contributed by atoms with Crippen LogP contribution in [0.2, 0.25) is 5.02 Å². The molecule has 1 atom stereocenters. The monoisotopic (exact) mass is 347 g/mol. The van der Waals surface area contributed by atoms with E-state index in [1.807, 2.05) is 17.6 Å². The second-order valence-corrected chi connectivity index (χ2v) is 7.38. The predicted molar refractivity (Wildman–Crippen MR) is 94.7 cm³/mol. The zero-order valence-corrected chi connectivity index (χ0v) is 14.6. The third-order valence-electron chi connectivity index (χ3n) is 5.02. The fourth-order valence-electron chi connectivity index (χ4n) is 3.59. The highest BCUT2D eigenvalue weighted by Gasteiger charge is 2.32. The second kappa shape index (κ2) is 6.14. The lowest BCUT2D eigenvalue weighted by Gasteiger charge is -2.25. The van der Waals surface area contributed by atoms with Gasteiger partial charge >= 0.3 is 0 Å². The minimum Gasteiger partial charge on any atom is -0.381 e. The van der Waals surface area contributed by atoms with Crippen LogP contribution in [0.25, 0.3) is 10.9 Å². The van der Waals surface area contributed by atoms with Gasteiger partial charge in [-0.1, -0.05) is 11.6 Å². The molecule has 0 amide bonds. The second-order valence-electron chi connectivity index (χ2n) is 6.94. The van der Waals surface area contributed by atoms with Crippen molar-refractivity contribution in [2.75, 3.05) is 13.2 Å². The summed E-state index contributed by atoms with van der Waals surface area (Å²) in [6.45, 7) is 3.35. The number of hydrogen-bond acceptors (Lipinski definition) is 4. The molecule has 1 saturated carbocycles. The summed E-state index contributed by atoms with van der Waals surface area (Å²) in [4.78, 5) is 18.1. The van der Waals surface area contributed by atoms with E-state index in [2.05, 4.69) is 0 Å². The van der Waals surface area contributed by atoms with Gasteiger partial charge in [0.25, 0.3) is 5.56 Å². The Kier molecular flexibility index (Phi) is 4.11. The number of fused-ring (bicyclic) bond motifs is 1. The van der Waals surface area contributed by atoms with Crippen molar-refractivity contribution >= 4 is 22.5 Å². The minimum atomic E-state index is -0.225. The zero-order chi connectivity index (χ0) is 16.8. The van der Waals surface area contributed by atoms with Crippen molar-refractivity contribution in [1.29, 1.82) is 0 Å². The van der Waals surface area contributed by atoms with E-state index < -0.39 is 0 Å². The zero-order valence-electron chi connectivity index (χ0n) is 13.8. The highest BCUT2D eigenvalue weighted by atomic mass is 35.5. The average molecular weight is 348 g/mol. The molecule has 2 fully saturated rings. The molecule has 2 aliphatic rings. The smallest absolute Gasteiger partial charge is 0.261 e. The Morgan fingerprint density at radius 3 is 2.62 bits per heavy atom. The largest absolute Gasteiger partial charge is 0.381 e. The Labute approximate surface area is 145 Å². The normalized spacial score (nSPS) is 20.5. The Hall–Kier alpha value is -1.43. The Bertz CT molecular complexity index is 836. The van der Waals surface area contributed by atoms with Crippen molar-refractivity contribution in [3.05, 3.63) is 38.9 Å². The van der Waals surface area contributed by atoms with Gasteiger partial charge in [0.1, 0.15) is 5.82 Å². The maximum absolute atomic E-state index is 13.2. The molecule has 1 aliphatic heterocycles. The van der Waals surface area contributed by atoms with E-state index in [4.69, 9.17) is 27.1 Å². The number of rotatable bonds is 3. The highest BCUT2D eigenvalue weighted by molar-refractivity contribution is 6.31. The number of hydrogen-bond donors (Lipinski definition) is 1. The molecule has 0 bridgehead atoms. The lowest BCUT2D eigenvalue weighted by Crippen LogP contribution is -2.29. The van der Waals surface area contributed by atoms with Crippen LogP contribution < -0.4 is 11.3 Å². The molecule has 2 heterocycles. The number of benzene rings is 1. The van der Waals surface area contributed by atoms with Gasteiger partial charge in [-0.3, -0.25) is 9.36 Å². The van der Waals surface area contributed by atoms with Gasteiger partial charge in [0.2, 0.25) is 0 Å². The van der Waals surface area contributed by atoms with Crippen LogP contribution in [-0.2, 0) is 4.74 Å². The molecule has 128 valence electrons. The first-order chi connectivity index (χ1) is 11.6. The number of aromatic nitrogens is 2. The molecule has 6 heteroatoms. The Morgan fingerprint density at radius 2 is 2.00 bits per heavy atom. The van der Waals surface area contributed by atoms with E-state index in [0.717, 1.165) is 50.3 Å². The molecular weight excluding hydrogens is 326 g/mol. The fourth-order valence-corrected chi connectivity index (χ4v) is 3.81. The van der Waals surface area contributed by atoms with Crippen LogP contribution in [0.15, 0.2) is 16.9 Å². The number of halogens is 1. The molecule has 1 saturated heterocycles. The van der Waals surface area contributed by atoms with Gasteiger partial charge in [0.05, 0.1) is 10.9 Å².